The van der Waals surface area contributed by atoms with Gasteiger partial charge in [-0.15, -0.1) is 0 Å². The molecular formula is C13H14N3NaO7S. The fraction of sp³-hybridized carbons (Fsp3) is 0.385. The van der Waals surface area contributed by atoms with E-state index in [1.165, 1.54) is 12.1 Å². The SMILES string of the molecule is N[C@@H](C(=O)N1CC[C@@H]2[C@H]1C(=O)N2S(=O)(=O)[O-])c1ccc(O)c(O)c1.[Na+]. The number of nitrogens with zero attached hydrogens (tertiary/aromatic N) is 2. The number of aromatic hydroxyl groups is 2. The van der Waals surface area contributed by atoms with Crippen molar-refractivity contribution in [3.05, 3.63) is 23.8 Å². The fourth-order valence-electron chi connectivity index (χ4n) is 3.11. The van der Waals surface area contributed by atoms with Crippen molar-refractivity contribution in [3.8, 4) is 11.5 Å². The molecule has 0 aliphatic carbocycles. The van der Waals surface area contributed by atoms with Gasteiger partial charge in [-0.25, -0.2) is 12.7 Å². The van der Waals surface area contributed by atoms with Crippen molar-refractivity contribution in [2.45, 2.75) is 24.5 Å². The van der Waals surface area contributed by atoms with E-state index in [1.807, 2.05) is 0 Å². The van der Waals surface area contributed by atoms with Crippen molar-refractivity contribution in [3.63, 3.8) is 0 Å². The predicted molar refractivity (Wildman–Crippen MR) is 77.1 cm³/mol. The zero-order valence-electron chi connectivity index (χ0n) is 13.2. The summed E-state index contributed by atoms with van der Waals surface area (Å²) in [6.07, 6.45) is 0.164. The van der Waals surface area contributed by atoms with Crippen LogP contribution in [0.4, 0.5) is 0 Å². The Morgan fingerprint density at radius 3 is 2.52 bits per heavy atom. The number of carbonyl (C=O) groups is 2. The summed E-state index contributed by atoms with van der Waals surface area (Å²) < 4.78 is 33.4. The number of β-lactam (4-membered cyclic amide) rings is 1. The molecule has 130 valence electrons. The van der Waals surface area contributed by atoms with Crippen molar-refractivity contribution >= 4 is 22.1 Å². The molecular weight excluding hydrogens is 365 g/mol. The molecule has 2 fully saturated rings. The number of amides is 2. The number of nitrogens with two attached hydrogens (primary N) is 1. The summed E-state index contributed by atoms with van der Waals surface area (Å²) in [5.74, 6) is -2.39. The van der Waals surface area contributed by atoms with Crippen LogP contribution in [0.15, 0.2) is 18.2 Å². The molecule has 25 heavy (non-hydrogen) atoms. The second kappa shape index (κ2) is 6.74. The molecule has 0 saturated carbocycles. The van der Waals surface area contributed by atoms with Crippen molar-refractivity contribution < 1.29 is 62.3 Å². The molecule has 3 atom stereocenters. The number of likely N-dealkylation sites (tertiary alicyclic amines) is 1. The molecule has 2 aliphatic rings. The Hall–Kier alpha value is -1.37. The molecule has 0 unspecified atom stereocenters. The first-order valence-electron chi connectivity index (χ1n) is 7.00. The molecule has 2 saturated heterocycles. The molecule has 3 rings (SSSR count). The predicted octanol–water partition coefficient (Wildman–Crippen LogP) is -4.63. The van der Waals surface area contributed by atoms with E-state index in [0.717, 1.165) is 11.0 Å². The largest absolute Gasteiger partial charge is 1.00 e. The van der Waals surface area contributed by atoms with Gasteiger partial charge in [-0.1, -0.05) is 6.07 Å². The summed E-state index contributed by atoms with van der Waals surface area (Å²) in [7, 11) is -4.90. The van der Waals surface area contributed by atoms with E-state index in [1.54, 1.807) is 0 Å². The van der Waals surface area contributed by atoms with Gasteiger partial charge >= 0.3 is 29.6 Å². The molecule has 0 radical (unpaired) electrons. The van der Waals surface area contributed by atoms with Gasteiger partial charge in [0.15, 0.2) is 21.8 Å². The van der Waals surface area contributed by atoms with Crippen LogP contribution in [0.5, 0.6) is 11.5 Å². The van der Waals surface area contributed by atoms with Crippen LogP contribution in [0, 0.1) is 0 Å². The van der Waals surface area contributed by atoms with Crippen LogP contribution in [-0.2, 0) is 19.9 Å². The molecule has 4 N–H and O–H groups in total. The smallest absolute Gasteiger partial charge is 0.731 e. The van der Waals surface area contributed by atoms with Gasteiger partial charge in [0.25, 0.3) is 5.91 Å². The standard InChI is InChI=1S/C13H15N3O7S.Na/c14-10(6-1-2-8(17)9(18)5-6)12(19)15-4-3-7-11(15)13(20)16(7)24(21,22)23;/h1-2,5,7,10-11,17-18H,3-4,14H2,(H,21,22,23);/q;+1/p-1/t7-,10-,11+;/m1./s1. The average Bonchev–Trinajstić information content (AvgIpc) is 2.85. The maximum absolute atomic E-state index is 12.5. The summed E-state index contributed by atoms with van der Waals surface area (Å²) in [6.45, 7) is 0.0870. The van der Waals surface area contributed by atoms with Crippen molar-refractivity contribution in [2.75, 3.05) is 6.54 Å². The first-order chi connectivity index (χ1) is 11.1. The van der Waals surface area contributed by atoms with E-state index in [4.69, 9.17) is 5.73 Å². The Bertz CT molecular complexity index is 831. The minimum atomic E-state index is -4.90. The normalized spacial score (nSPS) is 23.5. The van der Waals surface area contributed by atoms with Gasteiger partial charge in [0, 0.05) is 6.54 Å². The topological polar surface area (TPSA) is 164 Å². The Labute approximate surface area is 165 Å². The Kier molecular flexibility index (Phi) is 5.38. The molecule has 2 amide bonds. The van der Waals surface area contributed by atoms with Gasteiger partial charge < -0.3 is 25.4 Å². The van der Waals surface area contributed by atoms with Gasteiger partial charge in [-0.2, -0.15) is 0 Å². The monoisotopic (exact) mass is 379 g/mol. The number of phenolic OH excluding ortho intramolecular Hbond substituents is 2. The van der Waals surface area contributed by atoms with Crippen molar-refractivity contribution in [1.29, 1.82) is 0 Å². The number of hydrogen-bond donors (Lipinski definition) is 3. The minimum Gasteiger partial charge on any atom is -0.731 e. The minimum absolute atomic E-state index is 0. The number of phenols is 2. The third-order valence-electron chi connectivity index (χ3n) is 4.29. The summed E-state index contributed by atoms with van der Waals surface area (Å²) >= 11 is 0. The molecule has 10 nitrogen and oxygen atoms in total. The quantitative estimate of drug-likeness (QED) is 0.204. The van der Waals surface area contributed by atoms with Crippen LogP contribution in [0.3, 0.4) is 0 Å². The average molecular weight is 379 g/mol. The van der Waals surface area contributed by atoms with Crippen LogP contribution in [0.2, 0.25) is 0 Å². The number of fused-ring (bicyclic) bond motifs is 1. The number of carbonyl (C=O) groups excluding carboxylic acids is 2. The number of hydrogen-bond acceptors (Lipinski definition) is 8. The zero-order valence-corrected chi connectivity index (χ0v) is 16.0. The van der Waals surface area contributed by atoms with E-state index < -0.39 is 46.0 Å². The van der Waals surface area contributed by atoms with Gasteiger partial charge in [0.05, 0.1) is 6.04 Å². The Morgan fingerprint density at radius 2 is 1.96 bits per heavy atom. The molecule has 2 aliphatic heterocycles. The summed E-state index contributed by atoms with van der Waals surface area (Å²) in [6, 6.07) is 0.568. The molecule has 12 heteroatoms. The van der Waals surface area contributed by atoms with Crippen LogP contribution < -0.4 is 35.3 Å². The van der Waals surface area contributed by atoms with Crippen LogP contribution in [0.1, 0.15) is 18.0 Å². The zero-order chi connectivity index (χ0) is 17.8. The van der Waals surface area contributed by atoms with E-state index in [2.05, 4.69) is 0 Å². The van der Waals surface area contributed by atoms with Crippen LogP contribution in [0.25, 0.3) is 0 Å². The Balaban J connectivity index is 0.00000225. The first kappa shape index (κ1) is 19.9. The maximum Gasteiger partial charge on any atom is 1.00 e. The second-order valence-electron chi connectivity index (χ2n) is 5.65. The molecule has 0 spiro atoms. The van der Waals surface area contributed by atoms with E-state index >= 15 is 0 Å². The molecule has 1 aromatic carbocycles. The van der Waals surface area contributed by atoms with Crippen LogP contribution >= 0.6 is 0 Å². The molecule has 0 aromatic heterocycles. The molecule has 1 aromatic rings. The summed E-state index contributed by atoms with van der Waals surface area (Å²) in [4.78, 5) is 25.5. The fourth-order valence-corrected chi connectivity index (χ4v) is 3.99. The summed E-state index contributed by atoms with van der Waals surface area (Å²) in [5.41, 5.74) is 6.07. The molecule has 0 bridgehead atoms. The van der Waals surface area contributed by atoms with Gasteiger partial charge in [0.1, 0.15) is 12.1 Å². The maximum atomic E-state index is 12.5. The molecule has 2 heterocycles. The van der Waals surface area contributed by atoms with Crippen molar-refractivity contribution in [1.82, 2.24) is 9.21 Å². The van der Waals surface area contributed by atoms with Gasteiger partial charge in [0.2, 0.25) is 5.91 Å². The third-order valence-corrected chi connectivity index (χ3v) is 5.22. The van der Waals surface area contributed by atoms with E-state index in [-0.39, 0.29) is 58.1 Å². The van der Waals surface area contributed by atoms with E-state index in [9.17, 15) is 32.8 Å². The van der Waals surface area contributed by atoms with Gasteiger partial charge in [-0.3, -0.25) is 9.59 Å². The van der Waals surface area contributed by atoms with Crippen LogP contribution in [-0.4, -0.2) is 62.8 Å². The van der Waals surface area contributed by atoms with Crippen molar-refractivity contribution in [2.24, 2.45) is 5.73 Å². The number of rotatable bonds is 3. The number of benzene rings is 1. The first-order valence-corrected chi connectivity index (χ1v) is 8.36. The second-order valence-corrected chi connectivity index (χ2v) is 6.90. The Morgan fingerprint density at radius 1 is 1.32 bits per heavy atom. The summed E-state index contributed by atoms with van der Waals surface area (Å²) in [5, 5.41) is 18.8. The third kappa shape index (κ3) is 3.23. The van der Waals surface area contributed by atoms with Gasteiger partial charge in [-0.05, 0) is 24.1 Å². The van der Waals surface area contributed by atoms with E-state index in [0.29, 0.717) is 0 Å².